The second-order valence-electron chi connectivity index (χ2n) is 5.00. The number of piperidine rings is 1. The number of likely N-dealkylation sites (N-methyl/N-ethyl adjacent to an activating group) is 1. The number of likely N-dealkylation sites (tertiary alicyclic amines) is 1. The summed E-state index contributed by atoms with van der Waals surface area (Å²) in [4.78, 5) is 16.4. The van der Waals surface area contributed by atoms with E-state index in [1.54, 1.807) is 0 Å². The molecule has 0 spiro atoms. The molecule has 0 aromatic carbocycles. The standard InChI is InChI=1S/C12H25N3O/c1-10(8-13-2)12(16)15-7-5-6-11(9-15)14(3)4/h10-11,13H,5-9H2,1-4H3. The summed E-state index contributed by atoms with van der Waals surface area (Å²) in [7, 11) is 6.08. The van der Waals surface area contributed by atoms with Crippen LogP contribution in [0.4, 0.5) is 0 Å². The summed E-state index contributed by atoms with van der Waals surface area (Å²) in [5.41, 5.74) is 0. The van der Waals surface area contributed by atoms with Gasteiger partial charge in [0.25, 0.3) is 0 Å². The summed E-state index contributed by atoms with van der Waals surface area (Å²) in [5.74, 6) is 0.381. The summed E-state index contributed by atoms with van der Waals surface area (Å²) >= 11 is 0. The molecule has 1 aliphatic rings. The van der Waals surface area contributed by atoms with Crippen molar-refractivity contribution in [2.75, 3.05) is 40.8 Å². The van der Waals surface area contributed by atoms with E-state index in [4.69, 9.17) is 0 Å². The van der Waals surface area contributed by atoms with Crippen LogP contribution >= 0.6 is 0 Å². The molecule has 0 aromatic heterocycles. The lowest BCUT2D eigenvalue weighted by Gasteiger charge is -2.37. The maximum Gasteiger partial charge on any atom is 0.226 e. The number of carbonyl (C=O) groups is 1. The third-order valence-electron chi connectivity index (χ3n) is 3.37. The topological polar surface area (TPSA) is 35.6 Å². The van der Waals surface area contributed by atoms with Gasteiger partial charge in [-0.1, -0.05) is 6.92 Å². The zero-order valence-corrected chi connectivity index (χ0v) is 11.0. The van der Waals surface area contributed by atoms with Crippen LogP contribution in [0.25, 0.3) is 0 Å². The highest BCUT2D eigenvalue weighted by Crippen LogP contribution is 2.15. The fourth-order valence-corrected chi connectivity index (χ4v) is 2.28. The Morgan fingerprint density at radius 2 is 2.25 bits per heavy atom. The molecule has 1 N–H and O–H groups in total. The minimum Gasteiger partial charge on any atom is -0.341 e. The van der Waals surface area contributed by atoms with Crippen molar-refractivity contribution in [3.63, 3.8) is 0 Å². The van der Waals surface area contributed by atoms with Gasteiger partial charge >= 0.3 is 0 Å². The molecule has 4 heteroatoms. The molecule has 94 valence electrons. The zero-order chi connectivity index (χ0) is 12.1. The summed E-state index contributed by atoms with van der Waals surface area (Å²) in [6.45, 7) is 4.58. The number of nitrogens with one attached hydrogen (secondary N) is 1. The van der Waals surface area contributed by atoms with Crippen molar-refractivity contribution >= 4 is 5.91 Å². The van der Waals surface area contributed by atoms with Gasteiger partial charge in [-0.3, -0.25) is 4.79 Å². The quantitative estimate of drug-likeness (QED) is 0.755. The first-order valence-electron chi connectivity index (χ1n) is 6.16. The SMILES string of the molecule is CNCC(C)C(=O)N1CCCC(N(C)C)C1. The Kier molecular flexibility index (Phi) is 5.22. The van der Waals surface area contributed by atoms with E-state index in [0.29, 0.717) is 11.9 Å². The lowest BCUT2D eigenvalue weighted by atomic mass is 10.0. The van der Waals surface area contributed by atoms with Crippen molar-refractivity contribution in [3.8, 4) is 0 Å². The van der Waals surface area contributed by atoms with E-state index in [0.717, 1.165) is 26.1 Å². The Morgan fingerprint density at radius 1 is 1.56 bits per heavy atom. The van der Waals surface area contributed by atoms with Gasteiger partial charge in [-0.05, 0) is 34.0 Å². The third-order valence-corrected chi connectivity index (χ3v) is 3.37. The second kappa shape index (κ2) is 6.21. The van der Waals surface area contributed by atoms with Gasteiger partial charge < -0.3 is 15.1 Å². The minimum absolute atomic E-state index is 0.0888. The van der Waals surface area contributed by atoms with Crippen LogP contribution in [0.1, 0.15) is 19.8 Å². The minimum atomic E-state index is 0.0888. The predicted molar refractivity (Wildman–Crippen MR) is 66.4 cm³/mol. The van der Waals surface area contributed by atoms with Crippen molar-refractivity contribution in [1.82, 2.24) is 15.1 Å². The highest BCUT2D eigenvalue weighted by atomic mass is 16.2. The summed E-state index contributed by atoms with van der Waals surface area (Å²) in [6, 6.07) is 0.527. The molecule has 1 fully saturated rings. The van der Waals surface area contributed by atoms with Gasteiger partial charge in [-0.25, -0.2) is 0 Å². The maximum atomic E-state index is 12.1. The van der Waals surface area contributed by atoms with Crippen LogP contribution in [0, 0.1) is 5.92 Å². The average molecular weight is 227 g/mol. The van der Waals surface area contributed by atoms with E-state index in [1.807, 2.05) is 18.9 Å². The monoisotopic (exact) mass is 227 g/mol. The van der Waals surface area contributed by atoms with E-state index in [9.17, 15) is 4.79 Å². The Hall–Kier alpha value is -0.610. The first-order valence-corrected chi connectivity index (χ1v) is 6.16. The molecule has 1 heterocycles. The highest BCUT2D eigenvalue weighted by molar-refractivity contribution is 5.78. The normalized spacial score (nSPS) is 23.6. The van der Waals surface area contributed by atoms with Crippen molar-refractivity contribution in [1.29, 1.82) is 0 Å². The Morgan fingerprint density at radius 3 is 2.81 bits per heavy atom. The summed E-state index contributed by atoms with van der Waals surface area (Å²) in [6.07, 6.45) is 2.33. The Balaban J connectivity index is 2.49. The molecule has 0 aliphatic carbocycles. The molecule has 0 saturated carbocycles. The molecule has 1 rings (SSSR count). The second-order valence-corrected chi connectivity index (χ2v) is 5.00. The van der Waals surface area contributed by atoms with Crippen molar-refractivity contribution < 1.29 is 4.79 Å². The number of hydrogen-bond acceptors (Lipinski definition) is 3. The van der Waals surface area contributed by atoms with Crippen LogP contribution in [-0.2, 0) is 4.79 Å². The summed E-state index contributed by atoms with van der Waals surface area (Å²) < 4.78 is 0. The molecule has 0 radical (unpaired) electrons. The summed E-state index contributed by atoms with van der Waals surface area (Å²) in [5, 5.41) is 3.06. The van der Waals surface area contributed by atoms with E-state index in [-0.39, 0.29) is 5.92 Å². The van der Waals surface area contributed by atoms with E-state index < -0.39 is 0 Å². The molecule has 0 bridgehead atoms. The Labute approximate surface area is 99.0 Å². The van der Waals surface area contributed by atoms with Crippen molar-refractivity contribution in [2.45, 2.75) is 25.8 Å². The van der Waals surface area contributed by atoms with Crippen LogP contribution in [-0.4, -0.2) is 62.5 Å². The van der Waals surface area contributed by atoms with Crippen molar-refractivity contribution in [2.24, 2.45) is 5.92 Å². The lowest BCUT2D eigenvalue weighted by molar-refractivity contribution is -0.136. The fraction of sp³-hybridized carbons (Fsp3) is 0.917. The number of carbonyl (C=O) groups excluding carboxylic acids is 1. The van der Waals surface area contributed by atoms with Gasteiger partial charge in [0.1, 0.15) is 0 Å². The molecular formula is C12H25N3O. The highest BCUT2D eigenvalue weighted by Gasteiger charge is 2.27. The molecule has 1 amide bonds. The molecule has 4 nitrogen and oxygen atoms in total. The molecule has 16 heavy (non-hydrogen) atoms. The smallest absolute Gasteiger partial charge is 0.226 e. The van der Waals surface area contributed by atoms with Crippen LogP contribution in [0.3, 0.4) is 0 Å². The van der Waals surface area contributed by atoms with Gasteiger partial charge in [-0.2, -0.15) is 0 Å². The van der Waals surface area contributed by atoms with E-state index in [2.05, 4.69) is 24.3 Å². The van der Waals surface area contributed by atoms with Gasteiger partial charge in [-0.15, -0.1) is 0 Å². The van der Waals surface area contributed by atoms with Crippen LogP contribution in [0.5, 0.6) is 0 Å². The molecule has 1 aliphatic heterocycles. The largest absolute Gasteiger partial charge is 0.341 e. The van der Waals surface area contributed by atoms with E-state index >= 15 is 0 Å². The number of amides is 1. The first kappa shape index (κ1) is 13.5. The number of nitrogens with zero attached hydrogens (tertiary/aromatic N) is 2. The molecule has 2 unspecified atom stereocenters. The Bertz CT molecular complexity index is 230. The molecule has 0 aromatic rings. The van der Waals surface area contributed by atoms with Crippen LogP contribution in [0.2, 0.25) is 0 Å². The zero-order valence-electron chi connectivity index (χ0n) is 11.0. The van der Waals surface area contributed by atoms with Gasteiger partial charge in [0.15, 0.2) is 0 Å². The van der Waals surface area contributed by atoms with Gasteiger partial charge in [0.05, 0.1) is 0 Å². The third kappa shape index (κ3) is 3.46. The van der Waals surface area contributed by atoms with Gasteiger partial charge in [0, 0.05) is 31.6 Å². The lowest BCUT2D eigenvalue weighted by Crippen LogP contribution is -2.49. The van der Waals surface area contributed by atoms with Gasteiger partial charge in [0.2, 0.25) is 5.91 Å². The molecule has 2 atom stereocenters. The fourth-order valence-electron chi connectivity index (χ4n) is 2.28. The molecular weight excluding hydrogens is 202 g/mol. The maximum absolute atomic E-state index is 12.1. The molecule has 1 saturated heterocycles. The number of hydrogen-bond donors (Lipinski definition) is 1. The van der Waals surface area contributed by atoms with E-state index in [1.165, 1.54) is 6.42 Å². The average Bonchev–Trinajstić information content (AvgIpc) is 2.28. The van der Waals surface area contributed by atoms with Crippen LogP contribution < -0.4 is 5.32 Å². The van der Waals surface area contributed by atoms with Crippen molar-refractivity contribution in [3.05, 3.63) is 0 Å². The number of rotatable bonds is 4. The predicted octanol–water partition coefficient (Wildman–Crippen LogP) is 0.395. The first-order chi connectivity index (χ1) is 7.56. The van der Waals surface area contributed by atoms with Crippen LogP contribution in [0.15, 0.2) is 0 Å².